The van der Waals surface area contributed by atoms with Gasteiger partial charge < -0.3 is 34.6 Å². The van der Waals surface area contributed by atoms with Crippen molar-refractivity contribution in [1.82, 2.24) is 0 Å². The minimum absolute atomic E-state index is 0.250. The number of aliphatic hydroxyl groups is 4. The summed E-state index contributed by atoms with van der Waals surface area (Å²) < 4.78 is 15.8. The number of ether oxygens (including phenoxy) is 3. The molecule has 0 saturated carbocycles. The lowest BCUT2D eigenvalue weighted by atomic mass is 10.2. The molecule has 7 nitrogen and oxygen atoms in total. The second-order valence-corrected chi connectivity index (χ2v) is 4.31. The monoisotopic (exact) mass is 250 g/mol. The summed E-state index contributed by atoms with van der Waals surface area (Å²) in [6.45, 7) is -0.519. The highest BCUT2D eigenvalue weighted by Crippen LogP contribution is 2.28. The van der Waals surface area contributed by atoms with Gasteiger partial charge in [-0.25, -0.2) is 0 Å². The quantitative estimate of drug-likeness (QED) is 0.454. The first-order valence-corrected chi connectivity index (χ1v) is 5.68. The first-order chi connectivity index (χ1) is 8.13. The maximum Gasteiger partial charge on any atom is 0.161 e. The fourth-order valence-electron chi connectivity index (χ4n) is 2.14. The SMILES string of the molecule is OC[C@H]1OC(O)C[C@@H]1OC1C[C@H](O)[C@@H](CO)O1. The molecule has 0 aromatic rings. The average molecular weight is 250 g/mol. The topological polar surface area (TPSA) is 109 Å². The maximum atomic E-state index is 9.51. The molecule has 2 heterocycles. The fourth-order valence-corrected chi connectivity index (χ4v) is 2.14. The molecule has 0 spiro atoms. The van der Waals surface area contributed by atoms with Crippen molar-refractivity contribution >= 4 is 0 Å². The van der Waals surface area contributed by atoms with Crippen LogP contribution in [0.25, 0.3) is 0 Å². The van der Waals surface area contributed by atoms with Crippen LogP contribution in [0.3, 0.4) is 0 Å². The molecule has 7 heteroatoms. The third-order valence-corrected chi connectivity index (χ3v) is 3.06. The molecule has 0 aliphatic carbocycles. The Balaban J connectivity index is 1.85. The molecule has 0 bridgehead atoms. The van der Waals surface area contributed by atoms with Crippen LogP contribution in [0.15, 0.2) is 0 Å². The molecule has 6 atom stereocenters. The van der Waals surface area contributed by atoms with E-state index in [1.165, 1.54) is 0 Å². The highest BCUT2D eigenvalue weighted by Gasteiger charge is 2.40. The Kier molecular flexibility index (Phi) is 4.31. The second kappa shape index (κ2) is 5.57. The van der Waals surface area contributed by atoms with Crippen LogP contribution in [0.4, 0.5) is 0 Å². The lowest BCUT2D eigenvalue weighted by Gasteiger charge is -2.20. The minimum Gasteiger partial charge on any atom is -0.394 e. The molecular weight excluding hydrogens is 232 g/mol. The van der Waals surface area contributed by atoms with E-state index in [9.17, 15) is 10.2 Å². The summed E-state index contributed by atoms with van der Waals surface area (Å²) in [6.07, 6.45) is -3.53. The van der Waals surface area contributed by atoms with Gasteiger partial charge in [-0.3, -0.25) is 0 Å². The van der Waals surface area contributed by atoms with Gasteiger partial charge in [-0.1, -0.05) is 0 Å². The zero-order valence-electron chi connectivity index (χ0n) is 9.31. The first kappa shape index (κ1) is 13.2. The Hall–Kier alpha value is -0.280. The Morgan fingerprint density at radius 1 is 1.00 bits per heavy atom. The van der Waals surface area contributed by atoms with E-state index in [1.807, 2.05) is 0 Å². The van der Waals surface area contributed by atoms with Crippen LogP contribution in [-0.2, 0) is 14.2 Å². The molecule has 0 radical (unpaired) electrons. The van der Waals surface area contributed by atoms with Crippen LogP contribution in [0.2, 0.25) is 0 Å². The normalized spacial score (nSPS) is 46.6. The summed E-state index contributed by atoms with van der Waals surface area (Å²) in [5.74, 6) is 0. The molecule has 2 aliphatic heterocycles. The van der Waals surface area contributed by atoms with Crippen LogP contribution in [0.1, 0.15) is 12.8 Å². The molecular formula is C10H18O7. The highest BCUT2D eigenvalue weighted by atomic mass is 16.7. The van der Waals surface area contributed by atoms with Gasteiger partial charge >= 0.3 is 0 Å². The molecule has 0 aromatic heterocycles. The molecule has 2 fully saturated rings. The molecule has 2 saturated heterocycles. The summed E-state index contributed by atoms with van der Waals surface area (Å²) >= 11 is 0. The van der Waals surface area contributed by atoms with Gasteiger partial charge in [0.2, 0.25) is 0 Å². The van der Waals surface area contributed by atoms with Gasteiger partial charge in [0, 0.05) is 12.8 Å². The van der Waals surface area contributed by atoms with Crippen molar-refractivity contribution in [3.63, 3.8) is 0 Å². The van der Waals surface area contributed by atoms with Crippen molar-refractivity contribution < 1.29 is 34.6 Å². The molecule has 2 aliphatic rings. The average Bonchev–Trinajstić information content (AvgIpc) is 2.82. The van der Waals surface area contributed by atoms with Crippen molar-refractivity contribution in [1.29, 1.82) is 0 Å². The second-order valence-electron chi connectivity index (χ2n) is 4.31. The fraction of sp³-hybridized carbons (Fsp3) is 1.00. The van der Waals surface area contributed by atoms with Gasteiger partial charge in [0.05, 0.1) is 25.4 Å². The number of rotatable bonds is 4. The third kappa shape index (κ3) is 2.94. The van der Waals surface area contributed by atoms with Crippen LogP contribution in [-0.4, -0.2) is 70.6 Å². The third-order valence-electron chi connectivity index (χ3n) is 3.06. The zero-order chi connectivity index (χ0) is 12.4. The van der Waals surface area contributed by atoms with E-state index in [0.29, 0.717) is 0 Å². The van der Waals surface area contributed by atoms with E-state index in [0.717, 1.165) is 0 Å². The Bertz CT molecular complexity index is 249. The zero-order valence-corrected chi connectivity index (χ0v) is 9.31. The van der Waals surface area contributed by atoms with Crippen molar-refractivity contribution in [2.45, 2.75) is 49.8 Å². The summed E-state index contributed by atoms with van der Waals surface area (Å²) in [7, 11) is 0. The van der Waals surface area contributed by atoms with E-state index >= 15 is 0 Å². The number of hydrogen-bond acceptors (Lipinski definition) is 7. The van der Waals surface area contributed by atoms with Gasteiger partial charge in [-0.2, -0.15) is 0 Å². The highest BCUT2D eigenvalue weighted by molar-refractivity contribution is 4.82. The molecule has 0 amide bonds. The van der Waals surface area contributed by atoms with E-state index in [2.05, 4.69) is 0 Å². The molecule has 100 valence electrons. The molecule has 2 rings (SSSR count). The van der Waals surface area contributed by atoms with Crippen molar-refractivity contribution in [3.8, 4) is 0 Å². The van der Waals surface area contributed by atoms with E-state index in [4.69, 9.17) is 24.4 Å². The predicted octanol–water partition coefficient (Wildman–Crippen LogP) is -2.06. The van der Waals surface area contributed by atoms with Crippen molar-refractivity contribution in [2.24, 2.45) is 0 Å². The number of hydrogen-bond donors (Lipinski definition) is 4. The van der Waals surface area contributed by atoms with Crippen molar-refractivity contribution in [3.05, 3.63) is 0 Å². The van der Waals surface area contributed by atoms with Gasteiger partial charge in [0.15, 0.2) is 12.6 Å². The van der Waals surface area contributed by atoms with Crippen LogP contribution >= 0.6 is 0 Å². The largest absolute Gasteiger partial charge is 0.394 e. The summed E-state index contributed by atoms with van der Waals surface area (Å²) in [5, 5.41) is 36.7. The van der Waals surface area contributed by atoms with E-state index in [-0.39, 0.29) is 26.1 Å². The molecule has 17 heavy (non-hydrogen) atoms. The van der Waals surface area contributed by atoms with Crippen LogP contribution < -0.4 is 0 Å². The van der Waals surface area contributed by atoms with Crippen molar-refractivity contribution in [2.75, 3.05) is 13.2 Å². The molecule has 0 aromatic carbocycles. The van der Waals surface area contributed by atoms with Gasteiger partial charge in [-0.15, -0.1) is 0 Å². The summed E-state index contributed by atoms with van der Waals surface area (Å²) in [5.41, 5.74) is 0. The molecule has 2 unspecified atom stereocenters. The van der Waals surface area contributed by atoms with Gasteiger partial charge in [-0.05, 0) is 0 Å². The standard InChI is InChI=1S/C10H18O7/c11-3-7-5(13)1-10(17-7)16-6-2-9(14)15-8(6)4-12/h5-14H,1-4H2/t5-,6-,7+,8+,9?,10?/m0/s1. The van der Waals surface area contributed by atoms with Crippen LogP contribution in [0, 0.1) is 0 Å². The van der Waals surface area contributed by atoms with Crippen LogP contribution in [0.5, 0.6) is 0 Å². The smallest absolute Gasteiger partial charge is 0.161 e. The Morgan fingerprint density at radius 2 is 1.71 bits per heavy atom. The summed E-state index contributed by atoms with van der Waals surface area (Å²) in [6, 6.07) is 0. The Morgan fingerprint density at radius 3 is 2.29 bits per heavy atom. The number of aliphatic hydroxyl groups excluding tert-OH is 4. The van der Waals surface area contributed by atoms with E-state index in [1.54, 1.807) is 0 Å². The summed E-state index contributed by atoms with van der Waals surface area (Å²) in [4.78, 5) is 0. The molecule has 4 N–H and O–H groups in total. The lowest BCUT2D eigenvalue weighted by Crippen LogP contribution is -2.32. The predicted molar refractivity (Wildman–Crippen MR) is 53.8 cm³/mol. The van der Waals surface area contributed by atoms with E-state index < -0.39 is 37.0 Å². The lowest BCUT2D eigenvalue weighted by molar-refractivity contribution is -0.183. The minimum atomic E-state index is -0.947. The van der Waals surface area contributed by atoms with Gasteiger partial charge in [0.1, 0.15) is 12.2 Å². The maximum absolute atomic E-state index is 9.51. The van der Waals surface area contributed by atoms with Gasteiger partial charge in [0.25, 0.3) is 0 Å². The Labute approximate surface area is 98.5 Å². The first-order valence-electron chi connectivity index (χ1n) is 5.68.